The molecule has 0 unspecified atom stereocenters. The van der Waals surface area contributed by atoms with Gasteiger partial charge in [-0.1, -0.05) is 6.07 Å². The topological polar surface area (TPSA) is 193 Å². The molecule has 0 aliphatic carbocycles. The molecule has 3 saturated heterocycles. The molecule has 4 aromatic rings. The van der Waals surface area contributed by atoms with Crippen LogP contribution in [-0.4, -0.2) is 118 Å². The highest BCUT2D eigenvalue weighted by atomic mass is 16.6. The van der Waals surface area contributed by atoms with E-state index in [9.17, 15) is 24.0 Å². The molecule has 4 aliphatic heterocycles. The second-order valence-electron chi connectivity index (χ2n) is 18.7. The van der Waals surface area contributed by atoms with Crippen LogP contribution in [-0.2, 0) is 42.6 Å². The minimum Gasteiger partial charge on any atom is -0.442 e. The number of pyridine rings is 2. The highest BCUT2D eigenvalue weighted by Gasteiger charge is 2.46. The van der Waals surface area contributed by atoms with Crippen LogP contribution in [0.2, 0.25) is 0 Å². The Balaban J connectivity index is 1.02. The largest absolute Gasteiger partial charge is 0.442 e. The predicted octanol–water partition coefficient (Wildman–Crippen LogP) is 5.17. The molecular formula is C47H60N10O7. The number of aromatic nitrogens is 4. The first-order valence-electron chi connectivity index (χ1n) is 22.6. The van der Waals surface area contributed by atoms with Gasteiger partial charge >= 0.3 is 18.1 Å². The van der Waals surface area contributed by atoms with E-state index in [0.29, 0.717) is 57.2 Å². The number of Topliss-reactive ketones (excluding diaryl/α,β-unsaturated/α-hetero) is 1. The van der Waals surface area contributed by atoms with E-state index in [1.807, 2.05) is 48.4 Å². The van der Waals surface area contributed by atoms with Gasteiger partial charge in [0, 0.05) is 106 Å². The summed E-state index contributed by atoms with van der Waals surface area (Å²) in [6.07, 6.45) is 9.73. The molecular weight excluding hydrogens is 817 g/mol. The highest BCUT2D eigenvalue weighted by molar-refractivity contribution is 5.93. The number of hydrogen-bond acceptors (Lipinski definition) is 12. The fraction of sp³-hybridized carbons (Fsp3) is 0.532. The number of hydrogen-bond donors (Lipinski definition) is 3. The number of piperazine rings is 1. The summed E-state index contributed by atoms with van der Waals surface area (Å²) in [5, 5.41) is 14.7. The third-order valence-electron chi connectivity index (χ3n) is 13.1. The summed E-state index contributed by atoms with van der Waals surface area (Å²) in [6.45, 7) is 12.0. The second kappa shape index (κ2) is 18.9. The van der Waals surface area contributed by atoms with Crippen molar-refractivity contribution >= 4 is 52.2 Å². The quantitative estimate of drug-likeness (QED) is 0.159. The van der Waals surface area contributed by atoms with Gasteiger partial charge in [-0.25, -0.2) is 19.3 Å². The van der Waals surface area contributed by atoms with E-state index in [1.165, 1.54) is 0 Å². The average molecular weight is 877 g/mol. The number of benzene rings is 1. The Kier molecular flexibility index (Phi) is 13.2. The molecule has 340 valence electrons. The maximum absolute atomic E-state index is 14.9. The number of anilines is 2. The van der Waals surface area contributed by atoms with Crippen molar-refractivity contribution in [2.45, 2.75) is 91.0 Å². The summed E-state index contributed by atoms with van der Waals surface area (Å²) in [5.41, 5.74) is 2.66. The number of amides is 4. The number of urea groups is 1. The first-order chi connectivity index (χ1) is 30.7. The molecule has 8 rings (SSSR count). The molecule has 1 aromatic carbocycles. The van der Waals surface area contributed by atoms with Crippen LogP contribution in [0.15, 0.2) is 61.2 Å². The molecule has 17 heteroatoms. The lowest BCUT2D eigenvalue weighted by atomic mass is 9.83. The fourth-order valence-corrected chi connectivity index (χ4v) is 9.53. The van der Waals surface area contributed by atoms with Crippen molar-refractivity contribution in [2.75, 3.05) is 62.6 Å². The van der Waals surface area contributed by atoms with E-state index in [1.54, 1.807) is 55.0 Å². The molecule has 3 aromatic heterocycles. The summed E-state index contributed by atoms with van der Waals surface area (Å²) in [7, 11) is 0. The number of nitrogens with zero attached hydrogens (tertiary/aromatic N) is 7. The smallest absolute Gasteiger partial charge is 0.413 e. The van der Waals surface area contributed by atoms with E-state index in [4.69, 9.17) is 9.47 Å². The molecule has 2 atom stereocenters. The normalized spacial score (nSPS) is 18.8. The SMILES string of the molecule is Cc1cc(C[C@@H](NC(=O)N2CCC3(CC2)OC(=O)Nc2ncccc23)C(=O)C[C@@H](CC2CCNCC2)C(=O)N2CCN(c3ccncc3)CC2)cc2cn(COC(=O)C(C)(C)C)nc12. The number of carbonyl (C=O) groups excluding carboxylic acids is 5. The molecule has 0 saturated carbocycles. The zero-order valence-corrected chi connectivity index (χ0v) is 37.3. The second-order valence-corrected chi connectivity index (χ2v) is 18.7. The van der Waals surface area contributed by atoms with Gasteiger partial charge in [-0.15, -0.1) is 0 Å². The number of likely N-dealkylation sites (tertiary alicyclic amines) is 1. The van der Waals surface area contributed by atoms with E-state index in [2.05, 4.69) is 35.9 Å². The average Bonchev–Trinajstić information content (AvgIpc) is 3.71. The summed E-state index contributed by atoms with van der Waals surface area (Å²) in [6, 6.07) is 10.2. The Morgan fingerprint density at radius 1 is 0.969 bits per heavy atom. The minimum atomic E-state index is -0.948. The highest BCUT2D eigenvalue weighted by Crippen LogP contribution is 2.42. The van der Waals surface area contributed by atoms with Gasteiger partial charge in [0.1, 0.15) is 11.4 Å². The molecule has 0 radical (unpaired) electrons. The van der Waals surface area contributed by atoms with Crippen molar-refractivity contribution in [3.05, 3.63) is 77.9 Å². The first kappa shape index (κ1) is 44.5. The van der Waals surface area contributed by atoms with Crippen LogP contribution >= 0.6 is 0 Å². The number of nitrogens with one attached hydrogen (secondary N) is 3. The molecule has 0 bridgehead atoms. The van der Waals surface area contributed by atoms with Gasteiger partial charge in [0.05, 0.1) is 17.0 Å². The van der Waals surface area contributed by atoms with Gasteiger partial charge in [-0.05, 0) is 114 Å². The molecule has 4 aliphatic rings. The maximum Gasteiger partial charge on any atom is 0.413 e. The number of ketones is 1. The number of rotatable bonds is 12. The van der Waals surface area contributed by atoms with Crippen LogP contribution in [0.1, 0.15) is 76.0 Å². The van der Waals surface area contributed by atoms with Crippen molar-refractivity contribution in [1.29, 1.82) is 0 Å². The lowest BCUT2D eigenvalue weighted by Gasteiger charge is -2.43. The molecule has 4 amide bonds. The van der Waals surface area contributed by atoms with Gasteiger partial charge < -0.3 is 34.8 Å². The number of ether oxygens (including phenoxy) is 2. The molecule has 1 spiro atoms. The van der Waals surface area contributed by atoms with Crippen LogP contribution < -0.4 is 20.9 Å². The Morgan fingerprint density at radius 3 is 2.42 bits per heavy atom. The third kappa shape index (κ3) is 10.1. The Labute approximate surface area is 373 Å². The van der Waals surface area contributed by atoms with Crippen LogP contribution in [0, 0.1) is 24.2 Å². The predicted molar refractivity (Wildman–Crippen MR) is 239 cm³/mol. The fourth-order valence-electron chi connectivity index (χ4n) is 9.53. The van der Waals surface area contributed by atoms with Crippen molar-refractivity contribution in [1.82, 2.24) is 40.2 Å². The summed E-state index contributed by atoms with van der Waals surface area (Å²) < 4.78 is 13.0. The monoisotopic (exact) mass is 876 g/mol. The lowest BCUT2D eigenvalue weighted by Crippen LogP contribution is -2.55. The summed E-state index contributed by atoms with van der Waals surface area (Å²) >= 11 is 0. The molecule has 3 fully saturated rings. The van der Waals surface area contributed by atoms with Gasteiger partial charge in [0.2, 0.25) is 5.91 Å². The van der Waals surface area contributed by atoms with Crippen molar-refractivity contribution in [3.63, 3.8) is 0 Å². The van der Waals surface area contributed by atoms with Gasteiger partial charge in [-0.2, -0.15) is 5.10 Å². The van der Waals surface area contributed by atoms with Crippen LogP contribution in [0.3, 0.4) is 0 Å². The molecule has 3 N–H and O–H groups in total. The van der Waals surface area contributed by atoms with E-state index in [0.717, 1.165) is 59.2 Å². The third-order valence-corrected chi connectivity index (χ3v) is 13.1. The maximum atomic E-state index is 14.9. The summed E-state index contributed by atoms with van der Waals surface area (Å²) in [5.74, 6) is -0.360. The summed E-state index contributed by atoms with van der Waals surface area (Å²) in [4.78, 5) is 83.1. The van der Waals surface area contributed by atoms with Crippen molar-refractivity contribution in [2.24, 2.45) is 17.3 Å². The Morgan fingerprint density at radius 2 is 1.70 bits per heavy atom. The minimum absolute atomic E-state index is 0.00751. The number of esters is 1. The van der Waals surface area contributed by atoms with E-state index < -0.39 is 35.1 Å². The van der Waals surface area contributed by atoms with E-state index in [-0.39, 0.29) is 50.3 Å². The van der Waals surface area contributed by atoms with E-state index >= 15 is 0 Å². The lowest BCUT2D eigenvalue weighted by molar-refractivity contribution is -0.157. The molecule has 7 heterocycles. The Hall–Kier alpha value is -6.10. The molecule has 17 nitrogen and oxygen atoms in total. The number of aryl methyl sites for hydroxylation is 1. The van der Waals surface area contributed by atoms with Crippen LogP contribution in [0.5, 0.6) is 0 Å². The van der Waals surface area contributed by atoms with Crippen LogP contribution in [0.4, 0.5) is 21.1 Å². The van der Waals surface area contributed by atoms with Crippen LogP contribution in [0.25, 0.3) is 10.9 Å². The standard InChI is InChI=1S/C47H60N10O7/c1-31-24-33(26-35-29-57(53-40(31)35)30-63-43(60)46(2,3)4)27-38(51-44(61)56-18-11-47(12-19-56)37-6-5-13-50-41(37)52-45(62)64-47)39(58)28-34(25-32-7-14-48-15-8-32)42(59)55-22-20-54(21-23-55)36-9-16-49-17-10-36/h5-6,9-10,13,16-17,24,26,29,32,34,38,48H,7-8,11-12,14-15,18-23,25,27-28,30H2,1-4H3,(H,51,61)(H,50,52,62)/t34-,38-/m1/s1. The van der Waals surface area contributed by atoms with Gasteiger partial charge in [0.15, 0.2) is 12.5 Å². The van der Waals surface area contributed by atoms with Gasteiger partial charge in [0.25, 0.3) is 0 Å². The van der Waals surface area contributed by atoms with Gasteiger partial charge in [-0.3, -0.25) is 24.7 Å². The van der Waals surface area contributed by atoms with Crippen molar-refractivity contribution < 1.29 is 33.4 Å². The number of fused-ring (bicyclic) bond motifs is 3. The number of piperidine rings is 2. The first-order valence-corrected chi connectivity index (χ1v) is 22.6. The number of carbonyl (C=O) groups is 5. The Bertz CT molecular complexity index is 2340. The van der Waals surface area contributed by atoms with Crippen molar-refractivity contribution in [3.8, 4) is 0 Å². The zero-order chi connectivity index (χ0) is 45.0. The zero-order valence-electron chi connectivity index (χ0n) is 37.3. The molecule has 64 heavy (non-hydrogen) atoms.